The van der Waals surface area contributed by atoms with Gasteiger partial charge in [-0.1, -0.05) is 24.3 Å². The van der Waals surface area contributed by atoms with Gasteiger partial charge in [0.1, 0.15) is 11.5 Å². The van der Waals surface area contributed by atoms with Crippen LogP contribution in [-0.2, 0) is 0 Å². The summed E-state index contributed by atoms with van der Waals surface area (Å²) in [4.78, 5) is 25.1. The number of ketones is 2. The van der Waals surface area contributed by atoms with Crippen molar-refractivity contribution < 1.29 is 19.8 Å². The quantitative estimate of drug-likeness (QED) is 0.695. The lowest BCUT2D eigenvalue weighted by Crippen LogP contribution is -2.05. The molecule has 2 N–H and O–H groups in total. The Hall–Kier alpha value is -3.40. The van der Waals surface area contributed by atoms with Crippen LogP contribution in [0.1, 0.15) is 43.0 Å². The van der Waals surface area contributed by atoms with Crippen LogP contribution < -0.4 is 0 Å². The standard InChI is InChI=1S/C22H18O4/c1-13-11-17(7-9-19(13)23)21(25)15-3-5-16(6-4-15)22(26)18-8-10-20(24)14(2)12-18/h3-12,23-24H,1-2H3. The summed E-state index contributed by atoms with van der Waals surface area (Å²) in [5.74, 6) is -0.0569. The second kappa shape index (κ2) is 6.84. The molecular weight excluding hydrogens is 328 g/mol. The van der Waals surface area contributed by atoms with Gasteiger partial charge in [-0.05, 0) is 61.4 Å². The molecule has 0 radical (unpaired) electrons. The molecule has 0 aliphatic carbocycles. The average Bonchev–Trinajstić information content (AvgIpc) is 2.65. The number of phenols is 2. The van der Waals surface area contributed by atoms with Gasteiger partial charge >= 0.3 is 0 Å². The van der Waals surface area contributed by atoms with Gasteiger partial charge < -0.3 is 10.2 Å². The molecular formula is C22H18O4. The monoisotopic (exact) mass is 346 g/mol. The van der Waals surface area contributed by atoms with Crippen LogP contribution in [0, 0.1) is 13.8 Å². The number of hydrogen-bond acceptors (Lipinski definition) is 4. The molecule has 3 aromatic carbocycles. The Kier molecular flexibility index (Phi) is 4.59. The summed E-state index contributed by atoms with van der Waals surface area (Å²) >= 11 is 0. The number of benzene rings is 3. The zero-order chi connectivity index (χ0) is 18.8. The zero-order valence-corrected chi connectivity index (χ0v) is 14.5. The van der Waals surface area contributed by atoms with E-state index in [1.807, 2.05) is 0 Å². The molecule has 0 heterocycles. The second-order valence-electron chi connectivity index (χ2n) is 6.24. The van der Waals surface area contributed by atoms with Crippen molar-refractivity contribution in [2.75, 3.05) is 0 Å². The summed E-state index contributed by atoms with van der Waals surface area (Å²) in [7, 11) is 0. The van der Waals surface area contributed by atoms with Crippen molar-refractivity contribution in [3.8, 4) is 11.5 Å². The molecule has 0 aliphatic rings. The van der Waals surface area contributed by atoms with Crippen LogP contribution in [0.25, 0.3) is 0 Å². The summed E-state index contributed by atoms with van der Waals surface area (Å²) in [6.07, 6.45) is 0. The first-order valence-electron chi connectivity index (χ1n) is 8.15. The van der Waals surface area contributed by atoms with Crippen LogP contribution >= 0.6 is 0 Å². The lowest BCUT2D eigenvalue weighted by atomic mass is 9.97. The van der Waals surface area contributed by atoms with E-state index in [2.05, 4.69) is 0 Å². The normalized spacial score (nSPS) is 10.5. The molecule has 0 spiro atoms. The van der Waals surface area contributed by atoms with Crippen molar-refractivity contribution in [1.29, 1.82) is 0 Å². The molecule has 0 aromatic heterocycles. The van der Waals surface area contributed by atoms with E-state index in [-0.39, 0.29) is 23.1 Å². The highest BCUT2D eigenvalue weighted by atomic mass is 16.3. The maximum absolute atomic E-state index is 12.5. The number of rotatable bonds is 4. The minimum Gasteiger partial charge on any atom is -0.508 e. The number of carbonyl (C=O) groups excluding carboxylic acids is 2. The van der Waals surface area contributed by atoms with Gasteiger partial charge in [-0.25, -0.2) is 0 Å². The third-order valence-electron chi connectivity index (χ3n) is 4.33. The smallest absolute Gasteiger partial charge is 0.193 e. The largest absolute Gasteiger partial charge is 0.508 e. The molecule has 0 saturated carbocycles. The van der Waals surface area contributed by atoms with Crippen LogP contribution in [0.15, 0.2) is 60.7 Å². The Morgan fingerprint density at radius 3 is 1.19 bits per heavy atom. The van der Waals surface area contributed by atoms with Crippen molar-refractivity contribution in [2.24, 2.45) is 0 Å². The third kappa shape index (κ3) is 3.35. The summed E-state index contributed by atoms with van der Waals surface area (Å²) in [5.41, 5.74) is 3.15. The fourth-order valence-electron chi connectivity index (χ4n) is 2.70. The molecule has 0 unspecified atom stereocenters. The van der Waals surface area contributed by atoms with Crippen LogP contribution in [-0.4, -0.2) is 21.8 Å². The van der Waals surface area contributed by atoms with Gasteiger partial charge in [0.15, 0.2) is 11.6 Å². The first kappa shape index (κ1) is 17.4. The number of aromatic hydroxyl groups is 2. The van der Waals surface area contributed by atoms with E-state index in [1.165, 1.54) is 12.1 Å². The summed E-state index contributed by atoms with van der Waals surface area (Å²) in [6.45, 7) is 3.46. The van der Waals surface area contributed by atoms with Crippen LogP contribution in [0.4, 0.5) is 0 Å². The summed E-state index contributed by atoms with van der Waals surface area (Å²) < 4.78 is 0. The SMILES string of the molecule is Cc1cc(C(=O)c2ccc(C(=O)c3ccc(O)c(C)c3)cc2)ccc1O. The minimum absolute atomic E-state index is 0.145. The Bertz CT molecular complexity index is 919. The maximum Gasteiger partial charge on any atom is 0.193 e. The first-order valence-corrected chi connectivity index (χ1v) is 8.15. The average molecular weight is 346 g/mol. The fourth-order valence-corrected chi connectivity index (χ4v) is 2.70. The lowest BCUT2D eigenvalue weighted by molar-refractivity contribution is 0.102. The maximum atomic E-state index is 12.5. The van der Waals surface area contributed by atoms with E-state index < -0.39 is 0 Å². The van der Waals surface area contributed by atoms with Crippen molar-refractivity contribution in [3.63, 3.8) is 0 Å². The van der Waals surface area contributed by atoms with E-state index in [4.69, 9.17) is 0 Å². The highest BCUT2D eigenvalue weighted by Gasteiger charge is 2.14. The third-order valence-corrected chi connectivity index (χ3v) is 4.33. The molecule has 0 saturated heterocycles. The Morgan fingerprint density at radius 2 is 0.885 bits per heavy atom. The van der Waals surface area contributed by atoms with Gasteiger partial charge in [0.25, 0.3) is 0 Å². The number of aryl methyl sites for hydroxylation is 2. The van der Waals surface area contributed by atoms with Gasteiger partial charge in [-0.15, -0.1) is 0 Å². The summed E-state index contributed by atoms with van der Waals surface area (Å²) in [5, 5.41) is 19.1. The van der Waals surface area contributed by atoms with Crippen molar-refractivity contribution in [1.82, 2.24) is 0 Å². The lowest BCUT2D eigenvalue weighted by Gasteiger charge is -2.06. The predicted octanol–water partition coefficient (Wildman–Crippen LogP) is 4.18. The molecule has 130 valence electrons. The topological polar surface area (TPSA) is 74.6 Å². The van der Waals surface area contributed by atoms with E-state index in [9.17, 15) is 19.8 Å². The Labute approximate surface area is 151 Å². The number of hydrogen-bond donors (Lipinski definition) is 2. The van der Waals surface area contributed by atoms with Crippen LogP contribution in [0.2, 0.25) is 0 Å². The van der Waals surface area contributed by atoms with Gasteiger partial charge in [0, 0.05) is 22.3 Å². The molecule has 3 rings (SSSR count). The molecule has 3 aromatic rings. The first-order chi connectivity index (χ1) is 12.4. The summed E-state index contributed by atoms with van der Waals surface area (Å²) in [6, 6.07) is 15.9. The molecule has 26 heavy (non-hydrogen) atoms. The number of phenolic OH excluding ortho intramolecular Hbond substituents is 2. The van der Waals surface area contributed by atoms with E-state index in [0.29, 0.717) is 33.4 Å². The molecule has 4 heteroatoms. The fraction of sp³-hybridized carbons (Fsp3) is 0.0909. The zero-order valence-electron chi connectivity index (χ0n) is 14.5. The number of carbonyl (C=O) groups is 2. The molecule has 4 nitrogen and oxygen atoms in total. The molecule has 0 aliphatic heterocycles. The molecule has 0 atom stereocenters. The highest BCUT2D eigenvalue weighted by Crippen LogP contribution is 2.21. The minimum atomic E-state index is -0.174. The highest BCUT2D eigenvalue weighted by molar-refractivity contribution is 6.11. The van der Waals surface area contributed by atoms with Gasteiger partial charge in [-0.3, -0.25) is 9.59 Å². The van der Waals surface area contributed by atoms with Crippen LogP contribution in [0.3, 0.4) is 0 Å². The van der Waals surface area contributed by atoms with Crippen LogP contribution in [0.5, 0.6) is 11.5 Å². The molecule has 0 amide bonds. The van der Waals surface area contributed by atoms with Gasteiger partial charge in [-0.2, -0.15) is 0 Å². The Balaban J connectivity index is 1.85. The molecule has 0 bridgehead atoms. The van der Waals surface area contributed by atoms with E-state index >= 15 is 0 Å². The Morgan fingerprint density at radius 1 is 0.577 bits per heavy atom. The molecule has 0 fully saturated rings. The predicted molar refractivity (Wildman–Crippen MR) is 99.0 cm³/mol. The van der Waals surface area contributed by atoms with E-state index in [1.54, 1.807) is 62.4 Å². The van der Waals surface area contributed by atoms with Gasteiger partial charge in [0.05, 0.1) is 0 Å². The van der Waals surface area contributed by atoms with Crippen molar-refractivity contribution in [2.45, 2.75) is 13.8 Å². The second-order valence-corrected chi connectivity index (χ2v) is 6.24. The van der Waals surface area contributed by atoms with Gasteiger partial charge in [0.2, 0.25) is 0 Å². The van der Waals surface area contributed by atoms with E-state index in [0.717, 1.165) is 0 Å². The van der Waals surface area contributed by atoms with Crippen molar-refractivity contribution >= 4 is 11.6 Å². The van der Waals surface area contributed by atoms with Crippen molar-refractivity contribution in [3.05, 3.63) is 94.0 Å².